The average molecular weight is 493 g/mol. The maximum Gasteiger partial charge on any atom is 0.373 e. The lowest BCUT2D eigenvalue weighted by molar-refractivity contribution is -0.162. The molecule has 0 fully saturated rings. The third kappa shape index (κ3) is 9.06. The first-order chi connectivity index (χ1) is 16.3. The van der Waals surface area contributed by atoms with Crippen LogP contribution in [0.5, 0.6) is 0 Å². The summed E-state index contributed by atoms with van der Waals surface area (Å²) >= 11 is 0. The number of aliphatic hydroxyl groups excluding tert-OH is 2. The number of carbonyl (C=O) groups excluding carboxylic acids is 2. The van der Waals surface area contributed by atoms with Gasteiger partial charge in [-0.05, 0) is 39.2 Å². The molecule has 0 aromatic rings. The molecular weight excluding hydrogens is 448 g/mol. The van der Waals surface area contributed by atoms with Crippen LogP contribution < -0.4 is 0 Å². The van der Waals surface area contributed by atoms with E-state index in [4.69, 9.17) is 14.2 Å². The third-order valence-corrected chi connectivity index (χ3v) is 6.80. The Morgan fingerprint density at radius 3 is 2.37 bits per heavy atom. The average Bonchev–Trinajstić information content (AvgIpc) is 2.80. The van der Waals surface area contributed by atoms with Gasteiger partial charge in [0.15, 0.2) is 0 Å². The van der Waals surface area contributed by atoms with E-state index >= 15 is 0 Å². The molecular formula is C28H44O7. The molecule has 0 amide bonds. The van der Waals surface area contributed by atoms with E-state index in [0.29, 0.717) is 6.42 Å². The van der Waals surface area contributed by atoms with E-state index in [-0.39, 0.29) is 23.4 Å². The third-order valence-electron chi connectivity index (χ3n) is 6.80. The second-order valence-corrected chi connectivity index (χ2v) is 9.87. The zero-order valence-corrected chi connectivity index (χ0v) is 22.6. The summed E-state index contributed by atoms with van der Waals surface area (Å²) in [6.07, 6.45) is 6.54. The van der Waals surface area contributed by atoms with Gasteiger partial charge in [0.2, 0.25) is 5.76 Å². The Labute approximate surface area is 210 Å². The maximum atomic E-state index is 13.1. The quantitative estimate of drug-likeness (QED) is 0.537. The summed E-state index contributed by atoms with van der Waals surface area (Å²) in [6.45, 7) is 12.6. The molecule has 1 aliphatic rings. The molecule has 0 spiro atoms. The second kappa shape index (κ2) is 14.4. The molecule has 0 bridgehead atoms. The minimum absolute atomic E-state index is 0.0125. The number of allylic oxidation sites excluding steroid dienone is 5. The van der Waals surface area contributed by atoms with E-state index in [1.807, 2.05) is 45.9 Å². The van der Waals surface area contributed by atoms with Crippen molar-refractivity contribution < 1.29 is 34.0 Å². The highest BCUT2D eigenvalue weighted by Gasteiger charge is 2.37. The lowest BCUT2D eigenvalue weighted by atomic mass is 9.85. The molecule has 35 heavy (non-hydrogen) atoms. The molecule has 0 saturated carbocycles. The number of methoxy groups -OCH3 is 2. The van der Waals surface area contributed by atoms with Crippen LogP contribution in [0.4, 0.5) is 0 Å². The molecule has 0 unspecified atom stereocenters. The molecule has 7 heteroatoms. The summed E-state index contributed by atoms with van der Waals surface area (Å²) in [5.41, 5.74) is 1.82. The van der Waals surface area contributed by atoms with Gasteiger partial charge in [-0.1, -0.05) is 63.1 Å². The Balaban J connectivity index is 3.54. The number of hydrogen-bond acceptors (Lipinski definition) is 7. The molecule has 198 valence electrons. The van der Waals surface area contributed by atoms with Crippen LogP contribution in [0, 0.1) is 23.7 Å². The van der Waals surface area contributed by atoms with Gasteiger partial charge in [-0.25, -0.2) is 4.79 Å². The van der Waals surface area contributed by atoms with Gasteiger partial charge in [0.1, 0.15) is 18.0 Å². The first-order valence-corrected chi connectivity index (χ1v) is 12.2. The highest BCUT2D eigenvalue weighted by molar-refractivity contribution is 5.87. The normalized spacial score (nSPS) is 35.1. The first kappa shape index (κ1) is 30.8. The zero-order valence-electron chi connectivity index (χ0n) is 22.6. The van der Waals surface area contributed by atoms with Gasteiger partial charge in [0, 0.05) is 24.9 Å². The van der Waals surface area contributed by atoms with Gasteiger partial charge in [-0.3, -0.25) is 4.79 Å². The van der Waals surface area contributed by atoms with Crippen LogP contribution in [0.25, 0.3) is 0 Å². The predicted molar refractivity (Wildman–Crippen MR) is 136 cm³/mol. The number of carbonyl (C=O) groups is 2. The molecule has 0 radical (unpaired) electrons. The van der Waals surface area contributed by atoms with Crippen LogP contribution in [-0.4, -0.2) is 60.6 Å². The van der Waals surface area contributed by atoms with Crippen molar-refractivity contribution in [2.45, 2.75) is 79.3 Å². The lowest BCUT2D eigenvalue weighted by Crippen LogP contribution is -2.45. The Kier molecular flexibility index (Phi) is 12.6. The predicted octanol–water partition coefficient (Wildman–Crippen LogP) is 4.15. The van der Waals surface area contributed by atoms with Crippen LogP contribution >= 0.6 is 0 Å². The molecule has 2 N–H and O–H groups in total. The first-order valence-electron chi connectivity index (χ1n) is 12.2. The number of esters is 1. The monoisotopic (exact) mass is 492 g/mol. The van der Waals surface area contributed by atoms with Gasteiger partial charge in [0.25, 0.3) is 0 Å². The Morgan fingerprint density at radius 2 is 1.83 bits per heavy atom. The Hall–Kier alpha value is -2.22. The molecule has 8 atom stereocenters. The van der Waals surface area contributed by atoms with Crippen molar-refractivity contribution in [1.29, 1.82) is 0 Å². The molecule has 0 aliphatic carbocycles. The number of Topliss-reactive ketones (excluding diaryl/α,β-unsaturated/α-hetero) is 1. The van der Waals surface area contributed by atoms with Crippen molar-refractivity contribution in [1.82, 2.24) is 0 Å². The maximum absolute atomic E-state index is 13.1. The van der Waals surface area contributed by atoms with E-state index in [9.17, 15) is 19.8 Å². The lowest BCUT2D eigenvalue weighted by Gasteiger charge is -2.33. The summed E-state index contributed by atoms with van der Waals surface area (Å²) in [7, 11) is 2.88. The van der Waals surface area contributed by atoms with Crippen LogP contribution in [-0.2, 0) is 23.8 Å². The van der Waals surface area contributed by atoms with E-state index < -0.39 is 42.2 Å². The minimum atomic E-state index is -1.04. The molecule has 1 aliphatic heterocycles. The summed E-state index contributed by atoms with van der Waals surface area (Å²) in [5, 5.41) is 21.6. The Morgan fingerprint density at radius 1 is 1.20 bits per heavy atom. The van der Waals surface area contributed by atoms with Crippen molar-refractivity contribution in [2.24, 2.45) is 23.7 Å². The number of ether oxygens (including phenoxy) is 3. The van der Waals surface area contributed by atoms with E-state index in [0.717, 1.165) is 11.1 Å². The Bertz CT molecular complexity index is 838. The second-order valence-electron chi connectivity index (χ2n) is 9.87. The highest BCUT2D eigenvalue weighted by atomic mass is 16.6. The molecule has 7 nitrogen and oxygen atoms in total. The number of aliphatic hydroxyl groups is 2. The summed E-state index contributed by atoms with van der Waals surface area (Å²) in [5.74, 6) is -2.24. The fourth-order valence-corrected chi connectivity index (χ4v) is 4.38. The summed E-state index contributed by atoms with van der Waals surface area (Å²) in [6, 6.07) is 0. The number of cyclic esters (lactones) is 1. The van der Waals surface area contributed by atoms with Gasteiger partial charge in [-0.2, -0.15) is 0 Å². The number of rotatable bonds is 6. The van der Waals surface area contributed by atoms with E-state index in [1.165, 1.54) is 21.1 Å². The highest BCUT2D eigenvalue weighted by Crippen LogP contribution is 2.26. The summed E-state index contributed by atoms with van der Waals surface area (Å²) < 4.78 is 16.8. The molecule has 0 saturated heterocycles. The topological polar surface area (TPSA) is 102 Å². The fraction of sp³-hybridized carbons (Fsp3) is 0.643. The SMILES string of the molecule is CO/C1=C\C(C)=C\[C@@H](C)[C@@H](O)[C@@H](C)C/C(C)=C/C=C/[C@H](OC)[C@@H]([C@@H](C)[C@@H](O)[C@H](C)C(C)=O)OC1=O. The van der Waals surface area contributed by atoms with E-state index in [2.05, 4.69) is 0 Å². The standard InChI is InChI=1S/C28H44O7/c1-16-11-10-12-23(33-8)27(21(6)26(31)20(5)22(7)29)35-28(32)24(34-9)15-17(2)14-19(4)25(30)18(3)13-16/h10-12,14-15,18-21,23,25-27,30-31H,13H2,1-9H3/b12-10+,16-11+,17-14+,24-15-/t18-,19+,20+,21-,23-,25-,26-,27+/m0/s1. The number of ketones is 1. The fourth-order valence-electron chi connectivity index (χ4n) is 4.38. The summed E-state index contributed by atoms with van der Waals surface area (Å²) in [4.78, 5) is 25.0. The van der Waals surface area contributed by atoms with Crippen molar-refractivity contribution in [3.8, 4) is 0 Å². The van der Waals surface area contributed by atoms with Crippen LogP contribution in [0.3, 0.4) is 0 Å². The molecule has 0 aromatic carbocycles. The van der Waals surface area contributed by atoms with Crippen LogP contribution in [0.1, 0.15) is 54.9 Å². The van der Waals surface area contributed by atoms with Crippen molar-refractivity contribution >= 4 is 11.8 Å². The molecule has 1 rings (SSSR count). The van der Waals surface area contributed by atoms with Crippen LogP contribution in [0.15, 0.2) is 47.3 Å². The molecule has 0 aromatic heterocycles. The number of hydrogen-bond donors (Lipinski definition) is 2. The minimum Gasteiger partial charge on any atom is -0.490 e. The van der Waals surface area contributed by atoms with Gasteiger partial charge >= 0.3 is 5.97 Å². The zero-order chi connectivity index (χ0) is 26.9. The molecule has 1 heterocycles. The smallest absolute Gasteiger partial charge is 0.373 e. The van der Waals surface area contributed by atoms with Gasteiger partial charge in [0.05, 0.1) is 19.3 Å². The van der Waals surface area contributed by atoms with Crippen molar-refractivity contribution in [2.75, 3.05) is 14.2 Å². The van der Waals surface area contributed by atoms with Crippen LogP contribution in [0.2, 0.25) is 0 Å². The van der Waals surface area contributed by atoms with Crippen molar-refractivity contribution in [3.05, 3.63) is 47.3 Å². The largest absolute Gasteiger partial charge is 0.490 e. The van der Waals surface area contributed by atoms with Gasteiger partial charge < -0.3 is 24.4 Å². The van der Waals surface area contributed by atoms with Crippen molar-refractivity contribution in [3.63, 3.8) is 0 Å². The van der Waals surface area contributed by atoms with Gasteiger partial charge in [-0.15, -0.1) is 0 Å². The van der Waals surface area contributed by atoms with E-state index in [1.54, 1.807) is 26.0 Å².